The molecule has 0 aliphatic carbocycles. The maximum absolute atomic E-state index is 6.02. The maximum Gasteiger partial charge on any atom is 0.135 e. The van der Waals surface area contributed by atoms with Gasteiger partial charge in [-0.1, -0.05) is 32.0 Å². The van der Waals surface area contributed by atoms with Crippen molar-refractivity contribution in [3.63, 3.8) is 0 Å². The van der Waals surface area contributed by atoms with Crippen molar-refractivity contribution in [2.75, 3.05) is 6.54 Å². The quantitative estimate of drug-likeness (QED) is 0.863. The smallest absolute Gasteiger partial charge is 0.135 e. The molecule has 0 saturated heterocycles. The number of aromatic nitrogens is 1. The van der Waals surface area contributed by atoms with Gasteiger partial charge in [-0.2, -0.15) is 0 Å². The topological polar surface area (TPSA) is 34.1 Å². The van der Waals surface area contributed by atoms with Gasteiger partial charge in [0.05, 0.1) is 0 Å². The highest BCUT2D eigenvalue weighted by Crippen LogP contribution is 2.26. The molecule has 1 N–H and O–H groups in total. The van der Waals surface area contributed by atoms with Gasteiger partial charge >= 0.3 is 0 Å². The molecular formula is C17H22N2O. The van der Waals surface area contributed by atoms with Gasteiger partial charge in [-0.3, -0.25) is 4.98 Å². The number of para-hydroxylation sites is 1. The monoisotopic (exact) mass is 270 g/mol. The van der Waals surface area contributed by atoms with Gasteiger partial charge in [0.2, 0.25) is 0 Å². The summed E-state index contributed by atoms with van der Waals surface area (Å²) in [7, 11) is 0. The van der Waals surface area contributed by atoms with E-state index < -0.39 is 0 Å². The van der Waals surface area contributed by atoms with E-state index in [1.165, 1.54) is 0 Å². The molecule has 0 aliphatic heterocycles. The maximum atomic E-state index is 6.02. The Morgan fingerprint density at radius 1 is 1.15 bits per heavy atom. The van der Waals surface area contributed by atoms with Crippen LogP contribution >= 0.6 is 0 Å². The molecule has 0 atom stereocenters. The first-order chi connectivity index (χ1) is 9.66. The number of nitrogens with one attached hydrogen (secondary N) is 1. The second-order valence-corrected chi connectivity index (χ2v) is 5.38. The molecule has 0 radical (unpaired) electrons. The van der Waals surface area contributed by atoms with E-state index in [-0.39, 0.29) is 0 Å². The fraction of sp³-hybridized carbons (Fsp3) is 0.353. The van der Waals surface area contributed by atoms with Gasteiger partial charge < -0.3 is 10.1 Å². The minimum Gasteiger partial charge on any atom is -0.457 e. The molecule has 3 nitrogen and oxygen atoms in total. The second kappa shape index (κ2) is 7.06. The van der Waals surface area contributed by atoms with Gasteiger partial charge in [-0.05, 0) is 37.1 Å². The zero-order valence-electron chi connectivity index (χ0n) is 12.4. The van der Waals surface area contributed by atoms with Gasteiger partial charge in [-0.25, -0.2) is 0 Å². The summed E-state index contributed by atoms with van der Waals surface area (Å²) in [5.74, 6) is 2.39. The average Bonchev–Trinajstić information content (AvgIpc) is 2.43. The fourth-order valence-electron chi connectivity index (χ4n) is 1.93. The Hall–Kier alpha value is -1.87. The molecular weight excluding hydrogens is 248 g/mol. The Morgan fingerprint density at radius 3 is 2.70 bits per heavy atom. The standard InChI is InChI=1S/C17H22N2O/c1-13(2)10-19-12-15-11-18-9-8-17(15)20-16-7-5-4-6-14(16)3/h4-9,11,13,19H,10,12H2,1-3H3. The number of rotatable bonds is 6. The van der Waals surface area contributed by atoms with Crippen molar-refractivity contribution in [1.29, 1.82) is 0 Å². The third kappa shape index (κ3) is 4.07. The molecule has 2 rings (SSSR count). The Bertz CT molecular complexity index is 552. The Morgan fingerprint density at radius 2 is 1.95 bits per heavy atom. The highest BCUT2D eigenvalue weighted by Gasteiger charge is 2.06. The first-order valence-electron chi connectivity index (χ1n) is 7.04. The molecule has 2 aromatic rings. The number of hydrogen-bond acceptors (Lipinski definition) is 3. The van der Waals surface area contributed by atoms with Crippen LogP contribution in [0.4, 0.5) is 0 Å². The minimum atomic E-state index is 0.632. The molecule has 3 heteroatoms. The number of benzene rings is 1. The molecule has 0 aliphatic rings. The highest BCUT2D eigenvalue weighted by atomic mass is 16.5. The lowest BCUT2D eigenvalue weighted by Crippen LogP contribution is -2.19. The van der Waals surface area contributed by atoms with Gasteiger partial charge in [-0.15, -0.1) is 0 Å². The van der Waals surface area contributed by atoms with E-state index in [1.54, 1.807) is 6.20 Å². The lowest BCUT2D eigenvalue weighted by atomic mass is 10.2. The Kier molecular flexibility index (Phi) is 5.13. The molecule has 0 bridgehead atoms. The van der Waals surface area contributed by atoms with Crippen LogP contribution in [0.1, 0.15) is 25.0 Å². The van der Waals surface area contributed by atoms with E-state index in [1.807, 2.05) is 43.5 Å². The molecule has 106 valence electrons. The minimum absolute atomic E-state index is 0.632. The van der Waals surface area contributed by atoms with Gasteiger partial charge in [0.1, 0.15) is 11.5 Å². The van der Waals surface area contributed by atoms with Crippen LogP contribution in [0.3, 0.4) is 0 Å². The summed E-state index contributed by atoms with van der Waals surface area (Å²) in [5.41, 5.74) is 2.21. The van der Waals surface area contributed by atoms with Gasteiger partial charge in [0.15, 0.2) is 0 Å². The summed E-state index contributed by atoms with van der Waals surface area (Å²) in [6, 6.07) is 9.95. The molecule has 0 unspecified atom stereocenters. The van der Waals surface area contributed by atoms with Crippen LogP contribution in [0.2, 0.25) is 0 Å². The van der Waals surface area contributed by atoms with Crippen LogP contribution in [-0.4, -0.2) is 11.5 Å². The van der Waals surface area contributed by atoms with Crippen LogP contribution in [-0.2, 0) is 6.54 Å². The number of aryl methyl sites for hydroxylation is 1. The first kappa shape index (κ1) is 14.5. The molecule has 0 saturated carbocycles. The summed E-state index contributed by atoms with van der Waals surface area (Å²) < 4.78 is 6.02. The Labute approximate surface area is 121 Å². The zero-order valence-corrected chi connectivity index (χ0v) is 12.4. The van der Waals surface area contributed by atoms with E-state index in [0.717, 1.165) is 35.7 Å². The number of pyridine rings is 1. The van der Waals surface area contributed by atoms with E-state index in [9.17, 15) is 0 Å². The zero-order chi connectivity index (χ0) is 14.4. The summed E-state index contributed by atoms with van der Waals surface area (Å²) in [5, 5.41) is 3.42. The van der Waals surface area contributed by atoms with E-state index >= 15 is 0 Å². The van der Waals surface area contributed by atoms with Crippen molar-refractivity contribution in [2.45, 2.75) is 27.3 Å². The molecule has 1 aromatic heterocycles. The summed E-state index contributed by atoms with van der Waals surface area (Å²) in [6.07, 6.45) is 3.63. The average molecular weight is 270 g/mol. The van der Waals surface area contributed by atoms with Crippen molar-refractivity contribution < 1.29 is 4.74 Å². The summed E-state index contributed by atoms with van der Waals surface area (Å²) >= 11 is 0. The van der Waals surface area contributed by atoms with Crippen molar-refractivity contribution in [1.82, 2.24) is 10.3 Å². The SMILES string of the molecule is Cc1ccccc1Oc1ccncc1CNCC(C)C. The third-order valence-corrected chi connectivity index (χ3v) is 3.04. The predicted octanol–water partition coefficient (Wildman–Crippen LogP) is 3.93. The third-order valence-electron chi connectivity index (χ3n) is 3.04. The van der Waals surface area contributed by atoms with Crippen molar-refractivity contribution >= 4 is 0 Å². The van der Waals surface area contributed by atoms with Gasteiger partial charge in [0.25, 0.3) is 0 Å². The number of nitrogens with zero attached hydrogens (tertiary/aromatic N) is 1. The lowest BCUT2D eigenvalue weighted by molar-refractivity contribution is 0.465. The first-order valence-corrected chi connectivity index (χ1v) is 7.04. The van der Waals surface area contributed by atoms with Gasteiger partial charge in [0, 0.05) is 24.5 Å². The van der Waals surface area contributed by atoms with Crippen LogP contribution in [0.5, 0.6) is 11.5 Å². The van der Waals surface area contributed by atoms with Crippen LogP contribution in [0.25, 0.3) is 0 Å². The fourth-order valence-corrected chi connectivity index (χ4v) is 1.93. The molecule has 0 fully saturated rings. The molecule has 20 heavy (non-hydrogen) atoms. The van der Waals surface area contributed by atoms with Crippen LogP contribution in [0.15, 0.2) is 42.7 Å². The normalized spacial score (nSPS) is 10.8. The summed E-state index contributed by atoms with van der Waals surface area (Å²) in [4.78, 5) is 4.19. The second-order valence-electron chi connectivity index (χ2n) is 5.38. The molecule has 0 amide bonds. The van der Waals surface area contributed by atoms with E-state index in [4.69, 9.17) is 4.74 Å². The largest absolute Gasteiger partial charge is 0.457 e. The summed E-state index contributed by atoms with van der Waals surface area (Å²) in [6.45, 7) is 8.20. The number of ether oxygens (including phenoxy) is 1. The molecule has 1 aromatic carbocycles. The Balaban J connectivity index is 2.10. The van der Waals surface area contributed by atoms with Crippen LogP contribution < -0.4 is 10.1 Å². The van der Waals surface area contributed by atoms with Crippen LogP contribution in [0, 0.1) is 12.8 Å². The van der Waals surface area contributed by atoms with Crippen molar-refractivity contribution in [3.05, 3.63) is 53.9 Å². The van der Waals surface area contributed by atoms with E-state index in [0.29, 0.717) is 5.92 Å². The highest BCUT2D eigenvalue weighted by molar-refractivity contribution is 5.39. The van der Waals surface area contributed by atoms with E-state index in [2.05, 4.69) is 24.1 Å². The van der Waals surface area contributed by atoms with Crippen molar-refractivity contribution in [3.8, 4) is 11.5 Å². The molecule has 1 heterocycles. The van der Waals surface area contributed by atoms with Crippen molar-refractivity contribution in [2.24, 2.45) is 5.92 Å². The predicted molar refractivity (Wildman–Crippen MR) is 82.0 cm³/mol. The molecule has 0 spiro atoms. The number of hydrogen-bond donors (Lipinski definition) is 1. The lowest BCUT2D eigenvalue weighted by Gasteiger charge is -2.13.